The molecular weight excluding hydrogens is 373 g/mol. The van der Waals surface area contributed by atoms with Crippen molar-refractivity contribution in [2.24, 2.45) is 0 Å². The molecule has 4 nitrogen and oxygen atoms in total. The smallest absolute Gasteiger partial charge is 0.230 e. The fraction of sp³-hybridized carbons (Fsp3) is 0.0526. The number of benzene rings is 2. The van der Waals surface area contributed by atoms with Gasteiger partial charge < -0.3 is 5.32 Å². The highest BCUT2D eigenvalue weighted by molar-refractivity contribution is 7.15. The summed E-state index contributed by atoms with van der Waals surface area (Å²) in [6, 6.07) is 16.0. The molecule has 0 spiro atoms. The zero-order valence-electron chi connectivity index (χ0n) is 13.6. The van der Waals surface area contributed by atoms with Crippen molar-refractivity contribution in [3.63, 3.8) is 0 Å². The van der Waals surface area contributed by atoms with Crippen LogP contribution in [0.25, 0.3) is 16.2 Å². The van der Waals surface area contributed by atoms with Gasteiger partial charge in [-0.2, -0.15) is 0 Å². The number of nitrogens with one attached hydrogen (secondary N) is 1. The van der Waals surface area contributed by atoms with Crippen molar-refractivity contribution >= 4 is 40.3 Å². The van der Waals surface area contributed by atoms with Crippen LogP contribution in [0.5, 0.6) is 0 Å². The average molecular weight is 388 g/mol. The van der Waals surface area contributed by atoms with E-state index in [1.165, 1.54) is 17.4 Å². The molecule has 2 aromatic heterocycles. The highest BCUT2D eigenvalue weighted by atomic mass is 35.5. The summed E-state index contributed by atoms with van der Waals surface area (Å²) in [5.41, 5.74) is 2.90. The second kappa shape index (κ2) is 7.68. The molecule has 0 saturated carbocycles. The predicted octanol–water partition coefficient (Wildman–Crippen LogP) is 4.80. The van der Waals surface area contributed by atoms with Crippen LogP contribution in [-0.2, 0) is 11.2 Å². The fourth-order valence-electron chi connectivity index (χ4n) is 2.63. The number of carbonyl (C=O) groups is 1. The number of rotatable bonds is 4. The van der Waals surface area contributed by atoms with Gasteiger partial charge in [0.05, 0.1) is 17.8 Å². The molecule has 0 fully saturated rings. The van der Waals surface area contributed by atoms with E-state index in [1.807, 2.05) is 46.3 Å². The molecule has 26 heavy (non-hydrogen) atoms. The lowest BCUT2D eigenvalue weighted by molar-refractivity contribution is -0.115. The molecule has 2 aromatic carbocycles. The van der Waals surface area contributed by atoms with Crippen LogP contribution >= 0.6 is 23.7 Å². The molecule has 132 valence electrons. The van der Waals surface area contributed by atoms with Crippen LogP contribution in [0.4, 0.5) is 10.1 Å². The third kappa shape index (κ3) is 3.61. The number of thiazole rings is 1. The summed E-state index contributed by atoms with van der Waals surface area (Å²) in [5, 5.41) is 4.51. The number of carbonyl (C=O) groups excluding carboxylic acids is 1. The Bertz CT molecular complexity index is 1050. The zero-order chi connectivity index (χ0) is 17.2. The molecule has 0 aliphatic rings. The number of nitrogens with zero attached hydrogens (tertiary/aromatic N) is 2. The monoisotopic (exact) mass is 387 g/mol. The van der Waals surface area contributed by atoms with Crippen LogP contribution in [0.2, 0.25) is 0 Å². The summed E-state index contributed by atoms with van der Waals surface area (Å²) in [4.78, 5) is 17.7. The van der Waals surface area contributed by atoms with Crippen molar-refractivity contribution in [3.8, 4) is 11.3 Å². The maximum atomic E-state index is 13.6. The van der Waals surface area contributed by atoms with Crippen LogP contribution in [0.15, 0.2) is 66.2 Å². The maximum absolute atomic E-state index is 13.6. The van der Waals surface area contributed by atoms with Crippen LogP contribution in [0.3, 0.4) is 0 Å². The van der Waals surface area contributed by atoms with Gasteiger partial charge in [-0.3, -0.25) is 9.20 Å². The fourth-order valence-corrected chi connectivity index (χ4v) is 3.50. The second-order valence-electron chi connectivity index (χ2n) is 5.58. The minimum atomic E-state index is -0.444. The van der Waals surface area contributed by atoms with Gasteiger partial charge >= 0.3 is 0 Å². The van der Waals surface area contributed by atoms with Crippen molar-refractivity contribution in [3.05, 3.63) is 77.7 Å². The Morgan fingerprint density at radius 2 is 1.85 bits per heavy atom. The number of aromatic nitrogens is 2. The van der Waals surface area contributed by atoms with Gasteiger partial charge in [-0.1, -0.05) is 42.5 Å². The van der Waals surface area contributed by atoms with Crippen molar-refractivity contribution in [2.45, 2.75) is 6.42 Å². The van der Waals surface area contributed by atoms with Gasteiger partial charge in [-0.05, 0) is 12.1 Å². The van der Waals surface area contributed by atoms with E-state index in [1.54, 1.807) is 18.2 Å². The Kier molecular flexibility index (Phi) is 5.35. The molecule has 0 radical (unpaired) electrons. The van der Waals surface area contributed by atoms with Gasteiger partial charge in [0.2, 0.25) is 5.91 Å². The molecule has 1 N–H and O–H groups in total. The highest BCUT2D eigenvalue weighted by Gasteiger charge is 2.13. The predicted molar refractivity (Wildman–Crippen MR) is 104 cm³/mol. The first-order valence-corrected chi connectivity index (χ1v) is 8.64. The van der Waals surface area contributed by atoms with Gasteiger partial charge in [0, 0.05) is 22.8 Å². The highest BCUT2D eigenvalue weighted by Crippen LogP contribution is 2.24. The largest absolute Gasteiger partial charge is 0.323 e. The molecule has 4 aromatic rings. The summed E-state index contributed by atoms with van der Waals surface area (Å²) < 4.78 is 15.6. The molecule has 0 saturated heterocycles. The van der Waals surface area contributed by atoms with Crippen molar-refractivity contribution in [1.29, 1.82) is 0 Å². The Morgan fingerprint density at radius 3 is 2.62 bits per heavy atom. The zero-order valence-corrected chi connectivity index (χ0v) is 15.2. The molecular formula is C19H15ClFN3OS. The third-order valence-electron chi connectivity index (χ3n) is 3.84. The standard InChI is InChI=1S/C19H14FN3OS.ClH/c20-15-8-4-5-9-16(15)21-18(24)10-14-12-25-19-22-17(11-23(14)19)13-6-2-1-3-7-13;/h1-9,11-12H,10H2,(H,21,24);1H. The average Bonchev–Trinajstić information content (AvgIpc) is 3.20. The molecule has 4 rings (SSSR count). The molecule has 7 heteroatoms. The Balaban J connectivity index is 0.00000196. The molecule has 0 atom stereocenters. The van der Waals surface area contributed by atoms with Crippen molar-refractivity contribution < 1.29 is 9.18 Å². The van der Waals surface area contributed by atoms with Gasteiger partial charge in [-0.25, -0.2) is 9.37 Å². The van der Waals surface area contributed by atoms with Gasteiger partial charge in [0.1, 0.15) is 5.82 Å². The number of amides is 1. The second-order valence-corrected chi connectivity index (χ2v) is 6.41. The summed E-state index contributed by atoms with van der Waals surface area (Å²) in [6.45, 7) is 0. The number of hydrogen-bond donors (Lipinski definition) is 1. The Morgan fingerprint density at radius 1 is 1.12 bits per heavy atom. The Labute approximate surface area is 159 Å². The molecule has 1 amide bonds. The van der Waals surface area contributed by atoms with E-state index in [9.17, 15) is 9.18 Å². The number of para-hydroxylation sites is 1. The summed E-state index contributed by atoms with van der Waals surface area (Å²) >= 11 is 1.48. The van der Waals surface area contributed by atoms with E-state index in [4.69, 9.17) is 0 Å². The van der Waals surface area contributed by atoms with E-state index < -0.39 is 5.82 Å². The first-order valence-electron chi connectivity index (χ1n) is 7.76. The SMILES string of the molecule is Cl.O=C(Cc1csc2nc(-c3ccccc3)cn12)Nc1ccccc1F. The van der Waals surface area contributed by atoms with E-state index in [0.29, 0.717) is 0 Å². The number of fused-ring (bicyclic) bond motifs is 1. The normalized spacial score (nSPS) is 10.5. The number of anilines is 1. The third-order valence-corrected chi connectivity index (χ3v) is 4.73. The topological polar surface area (TPSA) is 46.4 Å². The minimum Gasteiger partial charge on any atom is -0.323 e. The quantitative estimate of drug-likeness (QED) is 0.546. The number of halogens is 2. The van der Waals surface area contributed by atoms with E-state index >= 15 is 0 Å². The first-order chi connectivity index (χ1) is 12.2. The summed E-state index contributed by atoms with van der Waals surface area (Å²) in [7, 11) is 0. The summed E-state index contributed by atoms with van der Waals surface area (Å²) in [5.74, 6) is -0.708. The maximum Gasteiger partial charge on any atom is 0.230 e. The van der Waals surface area contributed by atoms with Crippen LogP contribution in [0, 0.1) is 5.82 Å². The molecule has 0 bridgehead atoms. The number of imidazole rings is 1. The van der Waals surface area contributed by atoms with E-state index in [2.05, 4.69) is 10.3 Å². The van der Waals surface area contributed by atoms with Gasteiger partial charge in [0.25, 0.3) is 0 Å². The lowest BCUT2D eigenvalue weighted by Gasteiger charge is -2.05. The molecule has 0 aliphatic heterocycles. The van der Waals surface area contributed by atoms with Crippen LogP contribution in [-0.4, -0.2) is 15.3 Å². The first kappa shape index (κ1) is 18.1. The Hall–Kier alpha value is -2.70. The number of hydrogen-bond acceptors (Lipinski definition) is 3. The minimum absolute atomic E-state index is 0. The lowest BCUT2D eigenvalue weighted by Crippen LogP contribution is -2.16. The molecule has 0 unspecified atom stereocenters. The van der Waals surface area contributed by atoms with E-state index in [-0.39, 0.29) is 30.4 Å². The molecule has 0 aliphatic carbocycles. The van der Waals surface area contributed by atoms with Crippen molar-refractivity contribution in [2.75, 3.05) is 5.32 Å². The van der Waals surface area contributed by atoms with Crippen molar-refractivity contribution in [1.82, 2.24) is 9.38 Å². The molecule has 2 heterocycles. The summed E-state index contributed by atoms with van der Waals surface area (Å²) in [6.07, 6.45) is 2.08. The van der Waals surface area contributed by atoms with Gasteiger partial charge in [0.15, 0.2) is 4.96 Å². The van der Waals surface area contributed by atoms with Crippen LogP contribution in [0.1, 0.15) is 5.69 Å². The van der Waals surface area contributed by atoms with Crippen LogP contribution < -0.4 is 5.32 Å². The lowest BCUT2D eigenvalue weighted by atomic mass is 10.2. The van der Waals surface area contributed by atoms with Gasteiger partial charge in [-0.15, -0.1) is 23.7 Å². The van der Waals surface area contributed by atoms with E-state index in [0.717, 1.165) is 21.9 Å².